The Balaban J connectivity index is 2.27. The Morgan fingerprint density at radius 2 is 1.79 bits per heavy atom. The zero-order valence-corrected chi connectivity index (χ0v) is 15.5. The topological polar surface area (TPSA) is 61.2 Å². The SMILES string of the molecule is COc1cc(F)ccc1-c1cnn(-c2cccc(S(C)(=O)=O)c2)c1C(F)(F)F. The fourth-order valence-electron chi connectivity index (χ4n) is 2.75. The number of rotatable bonds is 4. The third-order valence-electron chi connectivity index (χ3n) is 3.98. The first-order valence-electron chi connectivity index (χ1n) is 7.82. The molecule has 5 nitrogen and oxygen atoms in total. The van der Waals surface area contributed by atoms with Crippen molar-refractivity contribution in [1.29, 1.82) is 0 Å². The maximum Gasteiger partial charge on any atom is 0.434 e. The van der Waals surface area contributed by atoms with Crippen molar-refractivity contribution in [2.24, 2.45) is 0 Å². The molecule has 28 heavy (non-hydrogen) atoms. The number of alkyl halides is 3. The number of nitrogens with zero attached hydrogens (tertiary/aromatic N) is 2. The number of ether oxygens (including phenoxy) is 1. The highest BCUT2D eigenvalue weighted by molar-refractivity contribution is 7.90. The van der Waals surface area contributed by atoms with E-state index in [2.05, 4.69) is 5.10 Å². The first-order chi connectivity index (χ1) is 13.0. The predicted octanol–water partition coefficient (Wildman–Crippen LogP) is 4.11. The van der Waals surface area contributed by atoms with Gasteiger partial charge in [-0.25, -0.2) is 17.5 Å². The standard InChI is InChI=1S/C18H14F4N2O3S/c1-27-16-8-11(19)6-7-14(16)15-10-23-24(17(15)18(20,21)22)12-4-3-5-13(9-12)28(2,25)26/h3-10H,1-2H3. The highest BCUT2D eigenvalue weighted by Crippen LogP contribution is 2.41. The molecular formula is C18H14F4N2O3S. The van der Waals surface area contributed by atoms with Crippen molar-refractivity contribution in [3.8, 4) is 22.6 Å². The molecule has 0 aliphatic carbocycles. The van der Waals surface area contributed by atoms with Crippen LogP contribution < -0.4 is 4.74 Å². The van der Waals surface area contributed by atoms with Gasteiger partial charge >= 0.3 is 6.18 Å². The maximum atomic E-state index is 13.9. The normalized spacial score (nSPS) is 12.2. The van der Waals surface area contributed by atoms with Crippen molar-refractivity contribution < 1.29 is 30.7 Å². The van der Waals surface area contributed by atoms with Crippen LogP contribution in [0, 0.1) is 5.82 Å². The molecule has 0 bridgehead atoms. The molecule has 0 aliphatic rings. The Hall–Kier alpha value is -2.88. The molecule has 3 rings (SSSR count). The Kier molecular flexibility index (Phi) is 4.92. The fraction of sp³-hybridized carbons (Fsp3) is 0.167. The number of hydrogen-bond acceptors (Lipinski definition) is 4. The number of aromatic nitrogens is 2. The van der Waals surface area contributed by atoms with Crippen molar-refractivity contribution in [3.63, 3.8) is 0 Å². The summed E-state index contributed by atoms with van der Waals surface area (Å²) in [6.45, 7) is 0. The first kappa shape index (κ1) is 19.9. The van der Waals surface area contributed by atoms with Gasteiger partial charge in [0.25, 0.3) is 0 Å². The lowest BCUT2D eigenvalue weighted by atomic mass is 10.0. The Morgan fingerprint density at radius 1 is 1.07 bits per heavy atom. The second kappa shape index (κ2) is 6.93. The molecule has 0 fully saturated rings. The maximum absolute atomic E-state index is 13.9. The third kappa shape index (κ3) is 3.72. The summed E-state index contributed by atoms with van der Waals surface area (Å²) in [5.74, 6) is -0.752. The van der Waals surface area contributed by atoms with Crippen LogP contribution in [0.3, 0.4) is 0 Å². The third-order valence-corrected chi connectivity index (χ3v) is 5.09. The lowest BCUT2D eigenvalue weighted by molar-refractivity contribution is -0.142. The summed E-state index contributed by atoms with van der Waals surface area (Å²) < 4.78 is 84.1. The van der Waals surface area contributed by atoms with E-state index in [1.807, 2.05) is 0 Å². The minimum Gasteiger partial charge on any atom is -0.496 e. The molecule has 0 unspecified atom stereocenters. The van der Waals surface area contributed by atoms with Gasteiger partial charge < -0.3 is 4.74 Å². The molecular weight excluding hydrogens is 400 g/mol. The zero-order chi connectivity index (χ0) is 20.7. The van der Waals surface area contributed by atoms with Crippen LogP contribution in [0.15, 0.2) is 53.6 Å². The lowest BCUT2D eigenvalue weighted by Gasteiger charge is -2.15. The van der Waals surface area contributed by atoms with E-state index < -0.39 is 27.5 Å². The number of sulfone groups is 1. The van der Waals surface area contributed by atoms with Crippen molar-refractivity contribution in [2.75, 3.05) is 13.4 Å². The number of methoxy groups -OCH3 is 1. The highest BCUT2D eigenvalue weighted by Gasteiger charge is 2.39. The van der Waals surface area contributed by atoms with E-state index in [0.717, 1.165) is 36.7 Å². The van der Waals surface area contributed by atoms with E-state index in [4.69, 9.17) is 4.74 Å². The predicted molar refractivity (Wildman–Crippen MR) is 93.6 cm³/mol. The van der Waals surface area contributed by atoms with Gasteiger partial charge in [-0.2, -0.15) is 18.3 Å². The van der Waals surface area contributed by atoms with Gasteiger partial charge in [-0.3, -0.25) is 0 Å². The molecule has 3 aromatic rings. The number of benzene rings is 2. The van der Waals surface area contributed by atoms with Gasteiger partial charge in [-0.05, 0) is 30.3 Å². The van der Waals surface area contributed by atoms with E-state index in [-0.39, 0.29) is 27.5 Å². The van der Waals surface area contributed by atoms with E-state index >= 15 is 0 Å². The molecule has 0 amide bonds. The highest BCUT2D eigenvalue weighted by atomic mass is 32.2. The van der Waals surface area contributed by atoms with Gasteiger partial charge in [0.1, 0.15) is 11.6 Å². The van der Waals surface area contributed by atoms with Gasteiger partial charge in [-0.15, -0.1) is 0 Å². The lowest BCUT2D eigenvalue weighted by Crippen LogP contribution is -2.15. The molecule has 1 aromatic heterocycles. The van der Waals surface area contributed by atoms with Crippen LogP contribution in [0.1, 0.15) is 5.69 Å². The molecule has 10 heteroatoms. The average Bonchev–Trinajstić information content (AvgIpc) is 3.06. The minimum absolute atomic E-state index is 0.00161. The van der Waals surface area contributed by atoms with Gasteiger partial charge in [0, 0.05) is 23.4 Å². The van der Waals surface area contributed by atoms with Gasteiger partial charge in [-0.1, -0.05) is 6.07 Å². The van der Waals surface area contributed by atoms with Crippen LogP contribution in [-0.2, 0) is 16.0 Å². The second-order valence-electron chi connectivity index (χ2n) is 5.93. The summed E-state index contributed by atoms with van der Waals surface area (Å²) in [4.78, 5) is -0.144. The minimum atomic E-state index is -4.83. The Bertz CT molecular complexity index is 1140. The second-order valence-corrected chi connectivity index (χ2v) is 7.95. The summed E-state index contributed by atoms with van der Waals surface area (Å²) in [5.41, 5.74) is -1.54. The van der Waals surface area contributed by atoms with Crippen molar-refractivity contribution in [1.82, 2.24) is 9.78 Å². The quantitative estimate of drug-likeness (QED) is 0.603. The molecule has 0 saturated heterocycles. The van der Waals surface area contributed by atoms with Gasteiger partial charge in [0.05, 0.1) is 23.9 Å². The molecule has 0 N–H and O–H groups in total. The average molecular weight is 414 g/mol. The fourth-order valence-corrected chi connectivity index (χ4v) is 3.41. The van der Waals surface area contributed by atoms with Crippen LogP contribution in [0.5, 0.6) is 5.75 Å². The smallest absolute Gasteiger partial charge is 0.434 e. The van der Waals surface area contributed by atoms with E-state index in [1.54, 1.807) is 0 Å². The molecule has 1 heterocycles. The van der Waals surface area contributed by atoms with E-state index in [0.29, 0.717) is 4.68 Å². The van der Waals surface area contributed by atoms with Crippen molar-refractivity contribution >= 4 is 9.84 Å². The molecule has 0 saturated carbocycles. The van der Waals surface area contributed by atoms with Crippen LogP contribution in [0.25, 0.3) is 16.8 Å². The van der Waals surface area contributed by atoms with Crippen molar-refractivity contribution in [3.05, 3.63) is 60.2 Å². The summed E-state index contributed by atoms with van der Waals surface area (Å²) in [5, 5.41) is 3.80. The Labute approximate surface area is 158 Å². The summed E-state index contributed by atoms with van der Waals surface area (Å²) in [7, 11) is -2.41. The van der Waals surface area contributed by atoms with Crippen LogP contribution in [0.4, 0.5) is 17.6 Å². The van der Waals surface area contributed by atoms with E-state index in [9.17, 15) is 26.0 Å². The molecule has 148 valence electrons. The summed E-state index contributed by atoms with van der Waals surface area (Å²) in [6, 6.07) is 8.16. The first-order valence-corrected chi connectivity index (χ1v) is 9.71. The van der Waals surface area contributed by atoms with E-state index in [1.165, 1.54) is 25.3 Å². The zero-order valence-electron chi connectivity index (χ0n) is 14.7. The monoisotopic (exact) mass is 414 g/mol. The summed E-state index contributed by atoms with van der Waals surface area (Å²) >= 11 is 0. The van der Waals surface area contributed by atoms with Gasteiger partial charge in [0.2, 0.25) is 0 Å². The molecule has 0 radical (unpaired) electrons. The number of hydrogen-bond donors (Lipinski definition) is 0. The van der Waals surface area contributed by atoms with Crippen LogP contribution in [-0.4, -0.2) is 31.6 Å². The molecule has 0 aliphatic heterocycles. The number of halogens is 4. The molecule has 0 spiro atoms. The summed E-state index contributed by atoms with van der Waals surface area (Å²) in [6.07, 6.45) is -2.90. The van der Waals surface area contributed by atoms with Crippen molar-refractivity contribution in [2.45, 2.75) is 11.1 Å². The van der Waals surface area contributed by atoms with Crippen LogP contribution in [0.2, 0.25) is 0 Å². The Morgan fingerprint density at radius 3 is 2.39 bits per heavy atom. The largest absolute Gasteiger partial charge is 0.496 e. The molecule has 2 aromatic carbocycles. The van der Waals surface area contributed by atoms with Gasteiger partial charge in [0.15, 0.2) is 15.5 Å². The molecule has 0 atom stereocenters. The van der Waals surface area contributed by atoms with Crippen LogP contribution >= 0.6 is 0 Å².